The minimum absolute atomic E-state index is 0.158. The summed E-state index contributed by atoms with van der Waals surface area (Å²) in [7, 11) is 0. The summed E-state index contributed by atoms with van der Waals surface area (Å²) < 4.78 is 2.06. The monoisotopic (exact) mass is 445 g/mol. The molecule has 0 bridgehead atoms. The third-order valence-electron chi connectivity index (χ3n) is 6.70. The van der Waals surface area contributed by atoms with Crippen LogP contribution in [0.5, 0.6) is 0 Å². The summed E-state index contributed by atoms with van der Waals surface area (Å²) >= 11 is 0. The van der Waals surface area contributed by atoms with Crippen molar-refractivity contribution >= 4 is 23.2 Å². The van der Waals surface area contributed by atoms with Crippen LogP contribution in [0, 0.1) is 0 Å². The number of imidazole rings is 1. The Morgan fingerprint density at radius 1 is 1.12 bits per heavy atom. The van der Waals surface area contributed by atoms with Crippen molar-refractivity contribution in [3.63, 3.8) is 0 Å². The number of nitrogens with one attached hydrogen (secondary N) is 1. The first-order chi connectivity index (χ1) is 16.0. The Hall–Kier alpha value is -3.52. The Morgan fingerprint density at radius 2 is 1.94 bits per heavy atom. The normalized spacial score (nSPS) is 18.3. The highest BCUT2D eigenvalue weighted by atomic mass is 16.2. The van der Waals surface area contributed by atoms with Crippen molar-refractivity contribution in [2.45, 2.75) is 45.8 Å². The van der Waals surface area contributed by atoms with Crippen LogP contribution in [0.3, 0.4) is 0 Å². The molecule has 3 amide bonds. The van der Waals surface area contributed by atoms with Crippen molar-refractivity contribution in [3.8, 4) is 11.3 Å². The van der Waals surface area contributed by atoms with E-state index in [0.717, 1.165) is 42.0 Å². The number of aromatic nitrogens is 2. The van der Waals surface area contributed by atoms with Crippen LogP contribution in [0.25, 0.3) is 16.8 Å². The fourth-order valence-corrected chi connectivity index (χ4v) is 4.84. The summed E-state index contributed by atoms with van der Waals surface area (Å²) in [6.07, 6.45) is 4.27. The molecule has 1 aromatic carbocycles. The van der Waals surface area contributed by atoms with Gasteiger partial charge in [-0.1, -0.05) is 19.9 Å². The first kappa shape index (κ1) is 21.3. The van der Waals surface area contributed by atoms with Gasteiger partial charge < -0.3 is 4.90 Å². The summed E-state index contributed by atoms with van der Waals surface area (Å²) in [4.78, 5) is 45.1. The lowest BCUT2D eigenvalue weighted by Crippen LogP contribution is -2.52. The van der Waals surface area contributed by atoms with Gasteiger partial charge in [0.1, 0.15) is 6.04 Å². The van der Waals surface area contributed by atoms with E-state index in [4.69, 9.17) is 0 Å². The number of piperidine rings is 1. The van der Waals surface area contributed by atoms with Crippen molar-refractivity contribution in [2.75, 3.05) is 13.1 Å². The third-order valence-corrected chi connectivity index (χ3v) is 6.70. The van der Waals surface area contributed by atoms with E-state index in [1.54, 1.807) is 11.2 Å². The molecule has 0 saturated carbocycles. The average Bonchev–Trinajstić information content (AvgIpc) is 3.41. The minimum Gasteiger partial charge on any atom is -0.322 e. The maximum atomic E-state index is 13.0. The number of carbonyl (C=O) groups excluding carboxylic acids is 3. The highest BCUT2D eigenvalue weighted by Crippen LogP contribution is 2.32. The number of pyridine rings is 1. The van der Waals surface area contributed by atoms with Crippen LogP contribution in [0.15, 0.2) is 42.9 Å². The molecular formula is C25H27N5O3. The van der Waals surface area contributed by atoms with Crippen LogP contribution in [-0.2, 0) is 22.7 Å². The fourth-order valence-electron chi connectivity index (χ4n) is 4.84. The van der Waals surface area contributed by atoms with E-state index in [1.165, 1.54) is 5.56 Å². The second-order valence-corrected chi connectivity index (χ2v) is 8.67. The zero-order chi connectivity index (χ0) is 23.1. The highest BCUT2D eigenvalue weighted by Gasteiger charge is 2.39. The number of nitrogens with zero attached hydrogens (tertiary/aromatic N) is 4. The molecule has 0 spiro atoms. The Morgan fingerprint density at radius 3 is 2.70 bits per heavy atom. The van der Waals surface area contributed by atoms with Gasteiger partial charge in [0.15, 0.2) is 0 Å². The molecule has 5 rings (SSSR count). The Bertz CT molecular complexity index is 1260. The number of imide groups is 1. The quantitative estimate of drug-likeness (QED) is 0.590. The van der Waals surface area contributed by atoms with Crippen molar-refractivity contribution in [2.24, 2.45) is 0 Å². The van der Waals surface area contributed by atoms with E-state index < -0.39 is 11.9 Å². The second kappa shape index (κ2) is 8.44. The highest BCUT2D eigenvalue weighted by molar-refractivity contribution is 6.05. The molecule has 2 aliphatic heterocycles. The molecule has 1 fully saturated rings. The van der Waals surface area contributed by atoms with Gasteiger partial charge in [-0.15, -0.1) is 0 Å². The number of amides is 3. The smallest absolute Gasteiger partial charge is 0.255 e. The molecule has 1 N–H and O–H groups in total. The average molecular weight is 446 g/mol. The Balaban J connectivity index is 1.48. The zero-order valence-corrected chi connectivity index (χ0v) is 18.9. The van der Waals surface area contributed by atoms with Crippen LogP contribution >= 0.6 is 0 Å². The summed E-state index contributed by atoms with van der Waals surface area (Å²) in [6, 6.07) is 9.58. The van der Waals surface area contributed by atoms with Crippen LogP contribution in [0.4, 0.5) is 0 Å². The molecule has 33 heavy (non-hydrogen) atoms. The third kappa shape index (κ3) is 3.80. The lowest BCUT2D eigenvalue weighted by atomic mass is 10.0. The molecule has 3 aromatic rings. The Kier molecular flexibility index (Phi) is 5.46. The van der Waals surface area contributed by atoms with Gasteiger partial charge in [0.25, 0.3) is 5.91 Å². The first-order valence-corrected chi connectivity index (χ1v) is 11.4. The molecule has 0 radical (unpaired) electrons. The van der Waals surface area contributed by atoms with Gasteiger partial charge >= 0.3 is 0 Å². The van der Waals surface area contributed by atoms with Crippen molar-refractivity contribution in [1.82, 2.24) is 24.5 Å². The van der Waals surface area contributed by atoms with E-state index in [1.807, 2.05) is 24.4 Å². The van der Waals surface area contributed by atoms with E-state index in [0.29, 0.717) is 18.5 Å². The molecule has 1 saturated heterocycles. The SMILES string of the molecule is CCN(CC)Cc1cc(-c2ccc3c(c2)CN(C2CCC(=O)NC2=O)C3=O)n2cncc2c1. The van der Waals surface area contributed by atoms with Crippen molar-refractivity contribution < 1.29 is 14.4 Å². The van der Waals surface area contributed by atoms with Gasteiger partial charge in [-0.05, 0) is 60.5 Å². The Labute approximate surface area is 192 Å². The predicted octanol–water partition coefficient (Wildman–Crippen LogP) is 2.60. The fraction of sp³-hybridized carbons (Fsp3) is 0.360. The molecule has 2 aliphatic rings. The predicted molar refractivity (Wildman–Crippen MR) is 123 cm³/mol. The molecule has 0 aliphatic carbocycles. The number of benzene rings is 1. The minimum atomic E-state index is -0.608. The molecule has 170 valence electrons. The van der Waals surface area contributed by atoms with Gasteiger partial charge in [-0.25, -0.2) is 4.98 Å². The van der Waals surface area contributed by atoms with E-state index in [-0.39, 0.29) is 18.2 Å². The summed E-state index contributed by atoms with van der Waals surface area (Å²) in [5.74, 6) is -0.831. The second-order valence-electron chi connectivity index (χ2n) is 8.67. The lowest BCUT2D eigenvalue weighted by molar-refractivity contribution is -0.136. The number of hydrogen-bond acceptors (Lipinski definition) is 5. The molecule has 8 nitrogen and oxygen atoms in total. The molecule has 8 heteroatoms. The van der Waals surface area contributed by atoms with Crippen LogP contribution < -0.4 is 5.32 Å². The van der Waals surface area contributed by atoms with E-state index in [9.17, 15) is 14.4 Å². The number of carbonyl (C=O) groups is 3. The largest absolute Gasteiger partial charge is 0.322 e. The summed E-state index contributed by atoms with van der Waals surface area (Å²) in [5.41, 5.74) is 5.76. The van der Waals surface area contributed by atoms with Gasteiger partial charge in [-0.2, -0.15) is 0 Å². The van der Waals surface area contributed by atoms with Gasteiger partial charge in [0.2, 0.25) is 11.8 Å². The number of hydrogen-bond donors (Lipinski definition) is 1. The summed E-state index contributed by atoms with van der Waals surface area (Å²) in [5, 5.41) is 2.35. The molecule has 2 aromatic heterocycles. The maximum Gasteiger partial charge on any atom is 0.255 e. The topological polar surface area (TPSA) is 87.0 Å². The van der Waals surface area contributed by atoms with Crippen LogP contribution in [-0.4, -0.2) is 56.0 Å². The maximum absolute atomic E-state index is 13.0. The van der Waals surface area contributed by atoms with E-state index >= 15 is 0 Å². The zero-order valence-electron chi connectivity index (χ0n) is 18.9. The number of rotatable bonds is 6. The lowest BCUT2D eigenvalue weighted by Gasteiger charge is -2.29. The molecule has 1 unspecified atom stereocenters. The van der Waals surface area contributed by atoms with Gasteiger partial charge in [0, 0.05) is 25.1 Å². The van der Waals surface area contributed by atoms with Crippen molar-refractivity contribution in [1.29, 1.82) is 0 Å². The standard InChI is InChI=1S/C25H27N5O3/c1-3-28(4-2)13-16-9-19-12-26-15-30(19)22(10-16)17-5-6-20-18(11-17)14-29(25(20)33)21-7-8-23(31)27-24(21)32/h5-6,9-12,15,21H,3-4,7-8,13-14H2,1-2H3,(H,27,31,32). The summed E-state index contributed by atoms with van der Waals surface area (Å²) in [6.45, 7) is 7.50. The molecule has 4 heterocycles. The van der Waals surface area contributed by atoms with Crippen LogP contribution in [0.1, 0.15) is 48.2 Å². The van der Waals surface area contributed by atoms with Gasteiger partial charge in [-0.3, -0.25) is 29.0 Å². The van der Waals surface area contributed by atoms with E-state index in [2.05, 4.69) is 45.6 Å². The molecular weight excluding hydrogens is 418 g/mol. The van der Waals surface area contributed by atoms with Crippen LogP contribution in [0.2, 0.25) is 0 Å². The van der Waals surface area contributed by atoms with Gasteiger partial charge in [0.05, 0.1) is 23.7 Å². The first-order valence-electron chi connectivity index (χ1n) is 11.4. The van der Waals surface area contributed by atoms with Crippen molar-refractivity contribution in [3.05, 3.63) is 59.5 Å². The number of fused-ring (bicyclic) bond motifs is 2. The molecule has 1 atom stereocenters.